The van der Waals surface area contributed by atoms with Crippen molar-refractivity contribution in [2.24, 2.45) is 0 Å². The highest BCUT2D eigenvalue weighted by molar-refractivity contribution is 6.30. The molecule has 1 aliphatic rings. The first-order valence-corrected chi connectivity index (χ1v) is 8.40. The second kappa shape index (κ2) is 7.95. The zero-order valence-corrected chi connectivity index (χ0v) is 14.7. The molecule has 0 atom stereocenters. The molecular weight excluding hydrogens is 347 g/mol. The Kier molecular flexibility index (Phi) is 5.67. The van der Waals surface area contributed by atoms with E-state index in [4.69, 9.17) is 16.3 Å². The minimum atomic E-state index is -0.401. The summed E-state index contributed by atoms with van der Waals surface area (Å²) in [6, 6.07) is 6.81. The van der Waals surface area contributed by atoms with Gasteiger partial charge in [0.25, 0.3) is 0 Å². The Balaban J connectivity index is 1.59. The summed E-state index contributed by atoms with van der Waals surface area (Å²) in [6.45, 7) is 3.49. The number of benzene rings is 1. The summed E-state index contributed by atoms with van der Waals surface area (Å²) >= 11 is 5.85. The number of amides is 1. The number of nitrogens with zero attached hydrogens (tertiary/aromatic N) is 3. The Morgan fingerprint density at radius 3 is 3.00 bits per heavy atom. The van der Waals surface area contributed by atoms with E-state index in [1.807, 2.05) is 10.7 Å². The molecule has 134 valence electrons. The van der Waals surface area contributed by atoms with Gasteiger partial charge < -0.3 is 10.1 Å². The smallest absolute Gasteiger partial charge is 0.246 e. The maximum Gasteiger partial charge on any atom is 0.246 e. The van der Waals surface area contributed by atoms with Gasteiger partial charge in [-0.3, -0.25) is 14.4 Å². The van der Waals surface area contributed by atoms with E-state index >= 15 is 0 Å². The Morgan fingerprint density at radius 1 is 1.40 bits per heavy atom. The number of ether oxygens (including phenoxy) is 1. The van der Waals surface area contributed by atoms with Gasteiger partial charge in [-0.25, -0.2) is 4.39 Å². The molecular formula is C17H20ClFN4O2. The van der Waals surface area contributed by atoms with E-state index in [1.165, 1.54) is 13.2 Å². The van der Waals surface area contributed by atoms with Gasteiger partial charge in [-0.2, -0.15) is 5.10 Å². The third-order valence-corrected chi connectivity index (χ3v) is 4.35. The van der Waals surface area contributed by atoms with E-state index in [9.17, 15) is 9.18 Å². The molecule has 0 radical (unpaired) electrons. The van der Waals surface area contributed by atoms with Crippen LogP contribution in [0.2, 0.25) is 5.02 Å². The van der Waals surface area contributed by atoms with Crippen molar-refractivity contribution in [2.75, 3.05) is 20.3 Å². The van der Waals surface area contributed by atoms with Crippen LogP contribution in [0.5, 0.6) is 0 Å². The van der Waals surface area contributed by atoms with Crippen LogP contribution < -0.4 is 5.32 Å². The number of rotatable bonds is 6. The molecule has 0 saturated carbocycles. The zero-order valence-electron chi connectivity index (χ0n) is 14.0. The van der Waals surface area contributed by atoms with E-state index in [0.29, 0.717) is 13.1 Å². The Morgan fingerprint density at radius 2 is 2.24 bits per heavy atom. The van der Waals surface area contributed by atoms with Crippen LogP contribution >= 0.6 is 11.6 Å². The van der Waals surface area contributed by atoms with Gasteiger partial charge in [0.15, 0.2) is 0 Å². The average molecular weight is 367 g/mol. The summed E-state index contributed by atoms with van der Waals surface area (Å²) in [5.74, 6) is -0.564. The number of carbonyl (C=O) groups excluding carboxylic acids is 1. The van der Waals surface area contributed by atoms with Gasteiger partial charge in [0, 0.05) is 26.7 Å². The number of hydrogen-bond donors (Lipinski definition) is 1. The highest BCUT2D eigenvalue weighted by Crippen LogP contribution is 2.20. The molecule has 25 heavy (non-hydrogen) atoms. The highest BCUT2D eigenvalue weighted by atomic mass is 35.5. The van der Waals surface area contributed by atoms with E-state index in [2.05, 4.69) is 15.3 Å². The molecule has 6 nitrogen and oxygen atoms in total. The summed E-state index contributed by atoms with van der Waals surface area (Å²) in [5, 5.41) is 7.43. The molecule has 0 saturated heterocycles. The molecule has 1 aromatic carbocycles. The van der Waals surface area contributed by atoms with Crippen LogP contribution in [0.4, 0.5) is 4.39 Å². The standard InChI is InChI=1S/C17H20ClFN4O2/c1-25-11-17(24)20-8-13-7-14-10-22(4-5-23(14)21-13)9-12-2-3-16(19)15(18)6-12/h2-3,6-7H,4-5,8-11H2,1H3,(H,20,24). The van der Waals surface area contributed by atoms with Gasteiger partial charge in [0.05, 0.1) is 29.5 Å². The van der Waals surface area contributed by atoms with Crippen LogP contribution in [-0.2, 0) is 35.7 Å². The van der Waals surface area contributed by atoms with Crippen molar-refractivity contribution in [3.05, 3.63) is 52.1 Å². The minimum absolute atomic E-state index is 0.0432. The summed E-state index contributed by atoms with van der Waals surface area (Å²) < 4.78 is 20.0. The van der Waals surface area contributed by atoms with E-state index in [0.717, 1.165) is 36.6 Å². The van der Waals surface area contributed by atoms with Crippen molar-refractivity contribution in [1.29, 1.82) is 0 Å². The molecule has 1 amide bonds. The lowest BCUT2D eigenvalue weighted by Crippen LogP contribution is -2.33. The Hall–Kier alpha value is -1.96. The summed E-state index contributed by atoms with van der Waals surface area (Å²) in [6.07, 6.45) is 0. The predicted molar refractivity (Wildman–Crippen MR) is 91.5 cm³/mol. The number of fused-ring (bicyclic) bond motifs is 1. The van der Waals surface area contributed by atoms with Gasteiger partial charge in [-0.15, -0.1) is 0 Å². The lowest BCUT2D eigenvalue weighted by atomic mass is 10.2. The number of nitrogens with one attached hydrogen (secondary N) is 1. The Labute approximate surface area is 150 Å². The average Bonchev–Trinajstić information content (AvgIpc) is 2.99. The van der Waals surface area contributed by atoms with Crippen molar-refractivity contribution in [1.82, 2.24) is 20.0 Å². The quantitative estimate of drug-likeness (QED) is 0.849. The number of hydrogen-bond acceptors (Lipinski definition) is 4. The second-order valence-corrected chi connectivity index (χ2v) is 6.43. The molecule has 1 N–H and O–H groups in total. The minimum Gasteiger partial charge on any atom is -0.375 e. The first-order chi connectivity index (χ1) is 12.0. The zero-order chi connectivity index (χ0) is 17.8. The molecule has 0 bridgehead atoms. The molecule has 3 rings (SSSR count). The normalized spacial score (nSPS) is 14.4. The van der Waals surface area contributed by atoms with Gasteiger partial charge in [-0.1, -0.05) is 17.7 Å². The van der Waals surface area contributed by atoms with E-state index < -0.39 is 5.82 Å². The van der Waals surface area contributed by atoms with E-state index in [-0.39, 0.29) is 17.5 Å². The highest BCUT2D eigenvalue weighted by Gasteiger charge is 2.19. The predicted octanol–water partition coefficient (Wildman–Crippen LogP) is 1.95. The number of carbonyl (C=O) groups is 1. The van der Waals surface area contributed by atoms with Crippen LogP contribution in [0.15, 0.2) is 24.3 Å². The van der Waals surface area contributed by atoms with Crippen molar-refractivity contribution in [3.8, 4) is 0 Å². The van der Waals surface area contributed by atoms with Gasteiger partial charge >= 0.3 is 0 Å². The maximum absolute atomic E-state index is 13.3. The molecule has 0 aliphatic carbocycles. The first kappa shape index (κ1) is 17.8. The lowest BCUT2D eigenvalue weighted by molar-refractivity contribution is -0.124. The molecule has 0 spiro atoms. The van der Waals surface area contributed by atoms with Crippen LogP contribution in [0.25, 0.3) is 0 Å². The second-order valence-electron chi connectivity index (χ2n) is 6.02. The molecule has 2 heterocycles. The van der Waals surface area contributed by atoms with Gasteiger partial charge in [0.1, 0.15) is 12.4 Å². The maximum atomic E-state index is 13.3. The number of aromatic nitrogens is 2. The molecule has 2 aromatic rings. The van der Waals surface area contributed by atoms with Gasteiger partial charge in [-0.05, 0) is 23.8 Å². The SMILES string of the molecule is COCC(=O)NCc1cc2n(n1)CCN(Cc1ccc(F)c(Cl)c1)C2. The molecule has 0 fully saturated rings. The Bertz CT molecular complexity index is 765. The largest absolute Gasteiger partial charge is 0.375 e. The third kappa shape index (κ3) is 4.56. The third-order valence-electron chi connectivity index (χ3n) is 4.06. The molecule has 0 unspecified atom stereocenters. The number of methoxy groups -OCH3 is 1. The van der Waals surface area contributed by atoms with Gasteiger partial charge in [0.2, 0.25) is 5.91 Å². The van der Waals surface area contributed by atoms with Crippen molar-refractivity contribution in [3.63, 3.8) is 0 Å². The fourth-order valence-corrected chi connectivity index (χ4v) is 3.07. The summed E-state index contributed by atoms with van der Waals surface area (Å²) in [5.41, 5.74) is 2.90. The molecule has 1 aromatic heterocycles. The topological polar surface area (TPSA) is 59.4 Å². The molecule has 8 heteroatoms. The van der Waals surface area contributed by atoms with Crippen LogP contribution in [-0.4, -0.2) is 40.8 Å². The first-order valence-electron chi connectivity index (χ1n) is 8.02. The monoisotopic (exact) mass is 366 g/mol. The van der Waals surface area contributed by atoms with E-state index in [1.54, 1.807) is 12.1 Å². The lowest BCUT2D eigenvalue weighted by Gasteiger charge is -2.27. The van der Waals surface area contributed by atoms with Crippen molar-refractivity contribution in [2.45, 2.75) is 26.2 Å². The van der Waals surface area contributed by atoms with Crippen LogP contribution in [0, 0.1) is 5.82 Å². The fourth-order valence-electron chi connectivity index (χ4n) is 2.87. The number of halogens is 2. The van der Waals surface area contributed by atoms with Crippen LogP contribution in [0.1, 0.15) is 17.0 Å². The van der Waals surface area contributed by atoms with Crippen LogP contribution in [0.3, 0.4) is 0 Å². The molecule has 1 aliphatic heterocycles. The summed E-state index contributed by atoms with van der Waals surface area (Å²) in [7, 11) is 1.48. The van der Waals surface area contributed by atoms with Crippen molar-refractivity contribution < 1.29 is 13.9 Å². The van der Waals surface area contributed by atoms with Crippen molar-refractivity contribution >= 4 is 17.5 Å². The fraction of sp³-hybridized carbons (Fsp3) is 0.412. The summed E-state index contributed by atoms with van der Waals surface area (Å²) in [4.78, 5) is 13.7.